The predicted molar refractivity (Wildman–Crippen MR) is 83.2 cm³/mol. The fourth-order valence-electron chi connectivity index (χ4n) is 2.14. The third-order valence-electron chi connectivity index (χ3n) is 3.41. The maximum atomic E-state index is 12.2. The summed E-state index contributed by atoms with van der Waals surface area (Å²) >= 11 is 0. The first kappa shape index (κ1) is 15.8. The molecule has 0 atom stereocenters. The number of carbonyl (C=O) groups excluding carboxylic acids is 1. The summed E-state index contributed by atoms with van der Waals surface area (Å²) in [5.41, 5.74) is 0.948. The summed E-state index contributed by atoms with van der Waals surface area (Å²) in [5.74, 6) is 0.0565. The third-order valence-corrected chi connectivity index (χ3v) is 3.41. The maximum Gasteiger partial charge on any atom is 0.344 e. The van der Waals surface area contributed by atoms with E-state index in [1.807, 2.05) is 37.3 Å². The van der Waals surface area contributed by atoms with Crippen molar-refractivity contribution in [3.05, 3.63) is 63.6 Å². The zero-order chi connectivity index (χ0) is 16.1. The average molecular weight is 301 g/mol. The molecular formula is C17H19NO4. The fraction of sp³-hybridized carbons (Fsp3) is 0.294. The number of esters is 1. The number of carbonyl (C=O) groups is 1. The normalized spacial score (nSPS) is 10.3. The van der Waals surface area contributed by atoms with Gasteiger partial charge >= 0.3 is 5.97 Å². The molecule has 0 amide bonds. The summed E-state index contributed by atoms with van der Waals surface area (Å²) in [4.78, 5) is 24.2. The van der Waals surface area contributed by atoms with Crippen LogP contribution in [0.4, 0.5) is 0 Å². The Morgan fingerprint density at radius 1 is 1.23 bits per heavy atom. The zero-order valence-electron chi connectivity index (χ0n) is 13.0. The Labute approximate surface area is 129 Å². The summed E-state index contributed by atoms with van der Waals surface area (Å²) in [5, 5.41) is 0. The van der Waals surface area contributed by atoms with Crippen molar-refractivity contribution >= 4 is 5.97 Å². The molecule has 0 unspecified atom stereocenters. The first-order valence-electron chi connectivity index (χ1n) is 7.09. The van der Waals surface area contributed by atoms with Crippen LogP contribution in [-0.2, 0) is 18.4 Å². The number of aromatic nitrogens is 1. The lowest BCUT2D eigenvalue weighted by atomic mass is 10.1. The highest BCUT2D eigenvalue weighted by atomic mass is 16.5. The number of benzene rings is 1. The van der Waals surface area contributed by atoms with Crippen molar-refractivity contribution < 1.29 is 14.3 Å². The van der Waals surface area contributed by atoms with Crippen LogP contribution in [0.1, 0.15) is 28.7 Å². The van der Waals surface area contributed by atoms with Crippen molar-refractivity contribution in [3.63, 3.8) is 0 Å². The number of rotatable bonds is 5. The van der Waals surface area contributed by atoms with Crippen molar-refractivity contribution in [3.8, 4) is 5.75 Å². The van der Waals surface area contributed by atoms with E-state index in [-0.39, 0.29) is 24.2 Å². The van der Waals surface area contributed by atoms with Gasteiger partial charge in [0.2, 0.25) is 0 Å². The largest absolute Gasteiger partial charge is 0.487 e. The van der Waals surface area contributed by atoms with Crippen LogP contribution in [0.5, 0.6) is 5.75 Å². The number of nitrogens with zero attached hydrogens (tertiary/aromatic N) is 1. The summed E-state index contributed by atoms with van der Waals surface area (Å²) in [7, 11) is 1.79. The molecule has 0 fully saturated rings. The van der Waals surface area contributed by atoms with Crippen LogP contribution in [0.15, 0.2) is 41.2 Å². The molecule has 1 aromatic carbocycles. The van der Waals surface area contributed by atoms with Crippen LogP contribution in [0.25, 0.3) is 0 Å². The van der Waals surface area contributed by atoms with Gasteiger partial charge < -0.3 is 14.0 Å². The third kappa shape index (κ3) is 3.36. The Morgan fingerprint density at radius 2 is 1.91 bits per heavy atom. The lowest BCUT2D eigenvalue weighted by Crippen LogP contribution is -2.26. The van der Waals surface area contributed by atoms with E-state index in [0.717, 1.165) is 5.69 Å². The van der Waals surface area contributed by atoms with E-state index in [9.17, 15) is 9.59 Å². The minimum Gasteiger partial charge on any atom is -0.487 e. The molecule has 0 bridgehead atoms. The van der Waals surface area contributed by atoms with Gasteiger partial charge in [0.25, 0.3) is 0 Å². The van der Waals surface area contributed by atoms with Gasteiger partial charge in [-0.2, -0.15) is 0 Å². The minimum absolute atomic E-state index is 0.0332. The second kappa shape index (κ2) is 6.93. The number of pyridine rings is 1. The summed E-state index contributed by atoms with van der Waals surface area (Å²) in [6, 6.07) is 10.7. The van der Waals surface area contributed by atoms with E-state index in [4.69, 9.17) is 9.47 Å². The van der Waals surface area contributed by atoms with E-state index in [0.29, 0.717) is 11.4 Å². The van der Waals surface area contributed by atoms with Crippen molar-refractivity contribution in [2.45, 2.75) is 20.5 Å². The highest BCUT2D eigenvalue weighted by Crippen LogP contribution is 2.14. The smallest absolute Gasteiger partial charge is 0.344 e. The highest BCUT2D eigenvalue weighted by Gasteiger charge is 2.20. The summed E-state index contributed by atoms with van der Waals surface area (Å²) in [6.07, 6.45) is 0. The van der Waals surface area contributed by atoms with Crippen LogP contribution in [0.2, 0.25) is 0 Å². The molecule has 2 rings (SSSR count). The van der Waals surface area contributed by atoms with Gasteiger partial charge in [-0.15, -0.1) is 0 Å². The number of ether oxygens (including phenoxy) is 2. The van der Waals surface area contributed by atoms with E-state index < -0.39 is 5.97 Å². The Balaban J connectivity index is 2.39. The lowest BCUT2D eigenvalue weighted by molar-refractivity contribution is 0.0520. The van der Waals surface area contributed by atoms with Crippen molar-refractivity contribution in [1.82, 2.24) is 4.57 Å². The molecule has 0 N–H and O–H groups in total. The molecule has 0 aliphatic heterocycles. The van der Waals surface area contributed by atoms with Crippen LogP contribution < -0.4 is 10.2 Å². The second-order valence-corrected chi connectivity index (χ2v) is 4.85. The van der Waals surface area contributed by atoms with Gasteiger partial charge in [-0.1, -0.05) is 18.2 Å². The van der Waals surface area contributed by atoms with Gasteiger partial charge in [-0.05, 0) is 26.0 Å². The quantitative estimate of drug-likeness (QED) is 0.796. The summed E-state index contributed by atoms with van der Waals surface area (Å²) < 4.78 is 12.4. The topological polar surface area (TPSA) is 57.5 Å². The van der Waals surface area contributed by atoms with Gasteiger partial charge in [-0.3, -0.25) is 4.79 Å². The van der Waals surface area contributed by atoms with Gasteiger partial charge in [-0.25, -0.2) is 4.79 Å². The first-order valence-corrected chi connectivity index (χ1v) is 7.09. The number of para-hydroxylation sites is 1. The van der Waals surface area contributed by atoms with Crippen molar-refractivity contribution in [2.75, 3.05) is 6.61 Å². The maximum absolute atomic E-state index is 12.2. The van der Waals surface area contributed by atoms with Crippen LogP contribution >= 0.6 is 0 Å². The van der Waals surface area contributed by atoms with Crippen molar-refractivity contribution in [2.24, 2.45) is 7.05 Å². The molecule has 1 heterocycles. The number of aryl methyl sites for hydroxylation is 1. The van der Waals surface area contributed by atoms with E-state index in [2.05, 4.69) is 0 Å². The Kier molecular flexibility index (Phi) is 4.99. The molecule has 1 aromatic heterocycles. The van der Waals surface area contributed by atoms with Crippen LogP contribution in [-0.4, -0.2) is 17.1 Å². The first-order chi connectivity index (χ1) is 10.5. The Morgan fingerprint density at radius 3 is 2.55 bits per heavy atom. The Hall–Kier alpha value is -2.56. The highest BCUT2D eigenvalue weighted by molar-refractivity contribution is 5.90. The van der Waals surface area contributed by atoms with E-state index in [1.165, 1.54) is 6.07 Å². The molecule has 0 aliphatic carbocycles. The molecule has 0 spiro atoms. The SMILES string of the molecule is CCOC(=O)c1c(COc2ccccc2)n(C)c(C)cc1=O. The zero-order valence-corrected chi connectivity index (χ0v) is 13.0. The molecule has 0 aliphatic rings. The van der Waals surface area contributed by atoms with Gasteiger partial charge in [0.1, 0.15) is 17.9 Å². The molecule has 0 saturated heterocycles. The predicted octanol–water partition coefficient (Wildman–Crippen LogP) is 2.45. The minimum atomic E-state index is -0.616. The summed E-state index contributed by atoms with van der Waals surface area (Å²) in [6.45, 7) is 3.85. The second-order valence-electron chi connectivity index (χ2n) is 4.85. The van der Waals surface area contributed by atoms with E-state index >= 15 is 0 Å². The monoisotopic (exact) mass is 301 g/mol. The molecule has 22 heavy (non-hydrogen) atoms. The van der Waals surface area contributed by atoms with Crippen LogP contribution in [0.3, 0.4) is 0 Å². The van der Waals surface area contributed by atoms with E-state index in [1.54, 1.807) is 18.5 Å². The molecule has 0 radical (unpaired) electrons. The standard InChI is InChI=1S/C17H19NO4/c1-4-21-17(20)16-14(18(3)12(2)10-15(16)19)11-22-13-8-6-5-7-9-13/h5-10H,4,11H2,1-3H3. The molecule has 0 saturated carbocycles. The van der Waals surface area contributed by atoms with Gasteiger partial charge in [0, 0.05) is 18.8 Å². The molecule has 2 aromatic rings. The molecule has 5 nitrogen and oxygen atoms in total. The Bertz CT molecular complexity index is 719. The van der Waals surface area contributed by atoms with Crippen LogP contribution in [0, 0.1) is 6.92 Å². The fourth-order valence-corrected chi connectivity index (χ4v) is 2.14. The van der Waals surface area contributed by atoms with Gasteiger partial charge in [0.15, 0.2) is 5.43 Å². The lowest BCUT2D eigenvalue weighted by Gasteiger charge is -2.16. The molecule has 116 valence electrons. The molecular weight excluding hydrogens is 282 g/mol. The van der Waals surface area contributed by atoms with Gasteiger partial charge in [0.05, 0.1) is 12.3 Å². The average Bonchev–Trinajstić information content (AvgIpc) is 2.50. The number of hydrogen-bond donors (Lipinski definition) is 0. The molecule has 5 heteroatoms. The van der Waals surface area contributed by atoms with Crippen molar-refractivity contribution in [1.29, 1.82) is 0 Å². The number of hydrogen-bond acceptors (Lipinski definition) is 4.